The molecule has 0 saturated carbocycles. The molecular weight excluding hydrogens is 314 g/mol. The normalized spacial score (nSPS) is 11.0. The molecule has 0 aliphatic carbocycles. The Kier molecular flexibility index (Phi) is 6.47. The molecule has 6 heteroatoms. The van der Waals surface area contributed by atoms with Gasteiger partial charge in [0.1, 0.15) is 5.69 Å². The first-order valence-electron chi connectivity index (χ1n) is 8.50. The number of aryl methyl sites for hydroxylation is 1. The molecule has 0 radical (unpaired) electrons. The van der Waals surface area contributed by atoms with E-state index in [1.54, 1.807) is 6.07 Å². The minimum Gasteiger partial charge on any atom is -0.353 e. The maximum Gasteiger partial charge on any atom is 0.274 e. The summed E-state index contributed by atoms with van der Waals surface area (Å²) >= 11 is 0. The Hall–Kier alpha value is -2.47. The van der Waals surface area contributed by atoms with E-state index < -0.39 is 0 Å². The molecule has 6 nitrogen and oxygen atoms in total. The van der Waals surface area contributed by atoms with Crippen molar-refractivity contribution in [1.82, 2.24) is 14.9 Å². The van der Waals surface area contributed by atoms with Crippen LogP contribution in [-0.4, -0.2) is 48.0 Å². The molecule has 0 spiro atoms. The van der Waals surface area contributed by atoms with Crippen LogP contribution in [0.2, 0.25) is 0 Å². The number of aromatic nitrogens is 2. The third-order valence-electron chi connectivity index (χ3n) is 3.76. The fourth-order valence-corrected chi connectivity index (χ4v) is 2.30. The molecule has 0 saturated heterocycles. The van der Waals surface area contributed by atoms with Gasteiger partial charge < -0.3 is 15.5 Å². The van der Waals surface area contributed by atoms with Gasteiger partial charge in [-0.3, -0.25) is 4.79 Å². The summed E-state index contributed by atoms with van der Waals surface area (Å²) in [5.41, 5.74) is 3.10. The number of amides is 1. The van der Waals surface area contributed by atoms with Crippen LogP contribution < -0.4 is 10.6 Å². The van der Waals surface area contributed by atoms with Crippen LogP contribution in [0.4, 0.5) is 11.6 Å². The van der Waals surface area contributed by atoms with Crippen molar-refractivity contribution in [2.75, 3.05) is 37.8 Å². The Labute approximate surface area is 149 Å². The van der Waals surface area contributed by atoms with Gasteiger partial charge in [0.15, 0.2) is 0 Å². The number of carbonyl (C=O) groups excluding carboxylic acids is 1. The Morgan fingerprint density at radius 1 is 1.16 bits per heavy atom. The topological polar surface area (TPSA) is 70.2 Å². The van der Waals surface area contributed by atoms with Crippen LogP contribution >= 0.6 is 0 Å². The highest BCUT2D eigenvalue weighted by Crippen LogP contribution is 2.17. The molecule has 0 fully saturated rings. The maximum absolute atomic E-state index is 12.5. The van der Waals surface area contributed by atoms with Crippen LogP contribution in [0.25, 0.3) is 0 Å². The molecule has 1 aromatic carbocycles. The largest absolute Gasteiger partial charge is 0.353 e. The summed E-state index contributed by atoms with van der Waals surface area (Å²) in [6, 6.07) is 9.57. The van der Waals surface area contributed by atoms with Gasteiger partial charge in [-0.15, -0.1) is 0 Å². The minimum atomic E-state index is -0.238. The van der Waals surface area contributed by atoms with Crippen molar-refractivity contribution in [3.63, 3.8) is 0 Å². The van der Waals surface area contributed by atoms with E-state index in [0.29, 0.717) is 24.1 Å². The fourth-order valence-electron chi connectivity index (χ4n) is 2.30. The molecule has 1 aromatic heterocycles. The summed E-state index contributed by atoms with van der Waals surface area (Å²) in [4.78, 5) is 23.2. The maximum atomic E-state index is 12.5. The standard InChI is InChI=1S/C19H27N5O/c1-13(2)15-6-8-16(9-7-15)22-18(25)17-12-14(3)21-19(23-17)20-10-11-24(4)5/h6-9,12-13H,10-11H2,1-5H3,(H,22,25)(H,20,21,23). The van der Waals surface area contributed by atoms with Gasteiger partial charge in [-0.2, -0.15) is 0 Å². The highest BCUT2D eigenvalue weighted by molar-refractivity contribution is 6.03. The van der Waals surface area contributed by atoms with Crippen molar-refractivity contribution in [1.29, 1.82) is 0 Å². The molecular formula is C19H27N5O. The smallest absolute Gasteiger partial charge is 0.274 e. The van der Waals surface area contributed by atoms with E-state index >= 15 is 0 Å². The predicted octanol–water partition coefficient (Wildman–Crippen LogP) is 3.13. The second-order valence-corrected chi connectivity index (χ2v) is 6.68. The number of carbonyl (C=O) groups is 1. The van der Waals surface area contributed by atoms with E-state index in [-0.39, 0.29) is 5.91 Å². The molecule has 0 atom stereocenters. The monoisotopic (exact) mass is 341 g/mol. The summed E-state index contributed by atoms with van der Waals surface area (Å²) in [7, 11) is 4.00. The van der Waals surface area contributed by atoms with E-state index in [1.807, 2.05) is 45.3 Å². The van der Waals surface area contributed by atoms with Crippen molar-refractivity contribution in [3.05, 3.63) is 47.3 Å². The number of benzene rings is 1. The van der Waals surface area contributed by atoms with Crippen molar-refractivity contribution in [2.24, 2.45) is 0 Å². The average Bonchev–Trinajstić information content (AvgIpc) is 2.54. The van der Waals surface area contributed by atoms with Gasteiger partial charge in [-0.1, -0.05) is 26.0 Å². The van der Waals surface area contributed by atoms with Gasteiger partial charge in [-0.05, 0) is 50.7 Å². The highest BCUT2D eigenvalue weighted by atomic mass is 16.1. The molecule has 2 aromatic rings. The van der Waals surface area contributed by atoms with E-state index in [2.05, 4.69) is 39.3 Å². The number of nitrogens with zero attached hydrogens (tertiary/aromatic N) is 3. The van der Waals surface area contributed by atoms with Gasteiger partial charge >= 0.3 is 0 Å². The first-order chi connectivity index (χ1) is 11.8. The number of hydrogen-bond donors (Lipinski definition) is 2. The second kappa shape index (κ2) is 8.58. The Bertz CT molecular complexity index is 710. The van der Waals surface area contributed by atoms with Gasteiger partial charge in [0, 0.05) is 24.5 Å². The van der Waals surface area contributed by atoms with E-state index in [1.165, 1.54) is 5.56 Å². The van der Waals surface area contributed by atoms with Crippen LogP contribution in [-0.2, 0) is 0 Å². The summed E-state index contributed by atoms with van der Waals surface area (Å²) < 4.78 is 0. The van der Waals surface area contributed by atoms with Crippen LogP contribution in [0.3, 0.4) is 0 Å². The number of hydrogen-bond acceptors (Lipinski definition) is 5. The SMILES string of the molecule is Cc1cc(C(=O)Nc2ccc(C(C)C)cc2)nc(NCCN(C)C)n1. The average molecular weight is 341 g/mol. The van der Waals surface area contributed by atoms with Crippen molar-refractivity contribution >= 4 is 17.5 Å². The molecule has 0 unspecified atom stereocenters. The molecule has 134 valence electrons. The van der Waals surface area contributed by atoms with Crippen molar-refractivity contribution in [3.8, 4) is 0 Å². The molecule has 1 heterocycles. The van der Waals surface area contributed by atoms with E-state index in [4.69, 9.17) is 0 Å². The zero-order valence-corrected chi connectivity index (χ0v) is 15.6. The highest BCUT2D eigenvalue weighted by Gasteiger charge is 2.11. The Balaban J connectivity index is 2.06. The van der Waals surface area contributed by atoms with Gasteiger partial charge in [0.2, 0.25) is 5.95 Å². The van der Waals surface area contributed by atoms with Crippen LogP contribution in [0, 0.1) is 6.92 Å². The molecule has 0 aliphatic heterocycles. The predicted molar refractivity (Wildman–Crippen MR) is 102 cm³/mol. The van der Waals surface area contributed by atoms with Crippen molar-refractivity contribution < 1.29 is 4.79 Å². The van der Waals surface area contributed by atoms with Gasteiger partial charge in [0.05, 0.1) is 0 Å². The van der Waals surface area contributed by atoms with Crippen LogP contribution in [0.5, 0.6) is 0 Å². The lowest BCUT2D eigenvalue weighted by Gasteiger charge is -2.12. The minimum absolute atomic E-state index is 0.238. The zero-order chi connectivity index (χ0) is 18.4. The molecule has 0 bridgehead atoms. The molecule has 0 aliphatic rings. The van der Waals surface area contributed by atoms with Crippen molar-refractivity contribution in [2.45, 2.75) is 26.7 Å². The zero-order valence-electron chi connectivity index (χ0n) is 15.6. The molecule has 25 heavy (non-hydrogen) atoms. The molecule has 1 amide bonds. The summed E-state index contributed by atoms with van der Waals surface area (Å²) in [6.45, 7) is 7.71. The molecule has 2 N–H and O–H groups in total. The lowest BCUT2D eigenvalue weighted by Crippen LogP contribution is -2.22. The van der Waals surface area contributed by atoms with Crippen LogP contribution in [0.1, 0.15) is 41.5 Å². The number of likely N-dealkylation sites (N-methyl/N-ethyl adjacent to an activating group) is 1. The number of rotatable bonds is 7. The first kappa shape index (κ1) is 18.9. The van der Waals surface area contributed by atoms with Gasteiger partial charge in [0.25, 0.3) is 5.91 Å². The van der Waals surface area contributed by atoms with E-state index in [0.717, 1.165) is 17.9 Å². The summed E-state index contributed by atoms with van der Waals surface area (Å²) in [5, 5.41) is 6.04. The summed E-state index contributed by atoms with van der Waals surface area (Å²) in [5.74, 6) is 0.700. The van der Waals surface area contributed by atoms with Gasteiger partial charge in [-0.25, -0.2) is 9.97 Å². The lowest BCUT2D eigenvalue weighted by atomic mass is 10.0. The molecule has 2 rings (SSSR count). The Morgan fingerprint density at radius 2 is 1.84 bits per heavy atom. The van der Waals surface area contributed by atoms with E-state index in [9.17, 15) is 4.79 Å². The third kappa shape index (κ3) is 5.83. The van der Waals surface area contributed by atoms with Crippen LogP contribution in [0.15, 0.2) is 30.3 Å². The number of nitrogens with one attached hydrogen (secondary N) is 2. The number of anilines is 2. The Morgan fingerprint density at radius 3 is 2.44 bits per heavy atom. The third-order valence-corrected chi connectivity index (χ3v) is 3.76. The lowest BCUT2D eigenvalue weighted by molar-refractivity contribution is 0.102. The second-order valence-electron chi connectivity index (χ2n) is 6.68. The quantitative estimate of drug-likeness (QED) is 0.810. The fraction of sp³-hybridized carbons (Fsp3) is 0.421. The summed E-state index contributed by atoms with van der Waals surface area (Å²) in [6.07, 6.45) is 0. The first-order valence-corrected chi connectivity index (χ1v) is 8.50.